The Balaban J connectivity index is 2.65. The number of pyridine rings is 1. The Morgan fingerprint density at radius 3 is 2.88 bits per heavy atom. The minimum Gasteiger partial charge on any atom is -0.384 e. The van der Waals surface area contributed by atoms with Crippen molar-refractivity contribution in [3.63, 3.8) is 0 Å². The molecule has 0 spiro atoms. The average Bonchev–Trinajstić information content (AvgIpc) is 2.28. The maximum absolute atomic E-state index is 7.55. The molecule has 0 radical (unpaired) electrons. The van der Waals surface area contributed by atoms with E-state index >= 15 is 0 Å². The number of thioether (sulfide) groups is 1. The lowest BCUT2D eigenvalue weighted by Crippen LogP contribution is -2.13. The Morgan fingerprint density at radius 2 is 2.19 bits per heavy atom. The lowest BCUT2D eigenvalue weighted by molar-refractivity contribution is 1.16. The Morgan fingerprint density at radius 1 is 1.44 bits per heavy atom. The predicted octanol–water partition coefficient (Wildman–Crippen LogP) is 2.63. The zero-order valence-electron chi connectivity index (χ0n) is 9.03. The number of fused-ring (bicyclic) bond motifs is 1. The number of nitrogens with zero attached hydrogens (tertiary/aromatic N) is 1. The highest BCUT2D eigenvalue weighted by Crippen LogP contribution is 2.24. The van der Waals surface area contributed by atoms with Gasteiger partial charge in [-0.3, -0.25) is 5.41 Å². The summed E-state index contributed by atoms with van der Waals surface area (Å²) < 4.78 is 0. The van der Waals surface area contributed by atoms with Crippen LogP contribution in [0, 0.1) is 5.41 Å². The minimum absolute atomic E-state index is 0.0780. The monoisotopic (exact) mass is 231 g/mol. The number of benzene rings is 1. The van der Waals surface area contributed by atoms with Gasteiger partial charge in [0, 0.05) is 10.9 Å². The van der Waals surface area contributed by atoms with Crippen LogP contribution in [0.4, 0.5) is 0 Å². The van der Waals surface area contributed by atoms with E-state index in [2.05, 4.69) is 11.9 Å². The van der Waals surface area contributed by atoms with Gasteiger partial charge in [0.2, 0.25) is 0 Å². The van der Waals surface area contributed by atoms with Crippen molar-refractivity contribution in [2.45, 2.75) is 11.9 Å². The summed E-state index contributed by atoms with van der Waals surface area (Å²) in [5.41, 5.74) is 7.24. The van der Waals surface area contributed by atoms with Crippen molar-refractivity contribution in [1.29, 1.82) is 5.41 Å². The first-order chi connectivity index (χ1) is 7.72. The van der Waals surface area contributed by atoms with E-state index in [9.17, 15) is 0 Å². The second-order valence-electron chi connectivity index (χ2n) is 3.38. The third-order valence-electron chi connectivity index (χ3n) is 2.26. The third kappa shape index (κ3) is 2.02. The molecule has 4 heteroatoms. The molecule has 0 bridgehead atoms. The van der Waals surface area contributed by atoms with E-state index in [1.807, 2.05) is 30.3 Å². The molecule has 0 aliphatic heterocycles. The van der Waals surface area contributed by atoms with Gasteiger partial charge in [0.15, 0.2) is 0 Å². The average molecular weight is 231 g/mol. The number of nitrogen functional groups attached to an aromatic ring is 1. The van der Waals surface area contributed by atoms with E-state index in [0.29, 0.717) is 0 Å². The second-order valence-corrected chi connectivity index (χ2v) is 4.63. The van der Waals surface area contributed by atoms with Crippen molar-refractivity contribution in [2.24, 2.45) is 5.73 Å². The zero-order chi connectivity index (χ0) is 11.5. The topological polar surface area (TPSA) is 62.8 Å². The summed E-state index contributed by atoms with van der Waals surface area (Å²) in [6, 6.07) is 9.81. The fraction of sp³-hybridized carbons (Fsp3) is 0.167. The van der Waals surface area contributed by atoms with Crippen LogP contribution < -0.4 is 5.73 Å². The van der Waals surface area contributed by atoms with Crippen molar-refractivity contribution in [2.75, 3.05) is 5.75 Å². The van der Waals surface area contributed by atoms with Crippen molar-refractivity contribution in [3.8, 4) is 0 Å². The zero-order valence-corrected chi connectivity index (χ0v) is 9.84. The van der Waals surface area contributed by atoms with Gasteiger partial charge in [0.05, 0.1) is 5.52 Å². The quantitative estimate of drug-likeness (QED) is 0.485. The van der Waals surface area contributed by atoms with Gasteiger partial charge in [0.25, 0.3) is 0 Å². The summed E-state index contributed by atoms with van der Waals surface area (Å²) in [5, 5.41) is 9.42. The first kappa shape index (κ1) is 11.0. The highest BCUT2D eigenvalue weighted by atomic mass is 32.2. The summed E-state index contributed by atoms with van der Waals surface area (Å²) >= 11 is 1.61. The van der Waals surface area contributed by atoms with E-state index in [1.54, 1.807) is 11.8 Å². The van der Waals surface area contributed by atoms with Crippen LogP contribution in [0.1, 0.15) is 12.5 Å². The van der Waals surface area contributed by atoms with Crippen molar-refractivity contribution >= 4 is 28.5 Å². The molecule has 3 nitrogen and oxygen atoms in total. The standard InChI is InChI=1S/C12H13N3S/c1-2-16-12-9(11(13)14)7-8-5-3-4-6-10(8)15-12/h3-7H,2H2,1H3,(H3,13,14). The molecule has 0 aliphatic carbocycles. The van der Waals surface area contributed by atoms with Gasteiger partial charge >= 0.3 is 0 Å². The van der Waals surface area contributed by atoms with E-state index in [4.69, 9.17) is 11.1 Å². The molecular formula is C12H13N3S. The molecule has 2 rings (SSSR count). The third-order valence-corrected chi connectivity index (χ3v) is 3.13. The van der Waals surface area contributed by atoms with Gasteiger partial charge in [-0.2, -0.15) is 0 Å². The van der Waals surface area contributed by atoms with Gasteiger partial charge in [-0.15, -0.1) is 11.8 Å². The normalized spacial score (nSPS) is 10.6. The van der Waals surface area contributed by atoms with E-state index in [1.165, 1.54) is 0 Å². The molecule has 1 aromatic heterocycles. The van der Waals surface area contributed by atoms with Crippen LogP contribution in [0.15, 0.2) is 35.4 Å². The fourth-order valence-corrected chi connectivity index (χ4v) is 2.30. The molecule has 0 fully saturated rings. The van der Waals surface area contributed by atoms with Gasteiger partial charge in [-0.1, -0.05) is 25.1 Å². The minimum atomic E-state index is 0.0780. The van der Waals surface area contributed by atoms with Crippen LogP contribution in [-0.4, -0.2) is 16.6 Å². The number of nitrogens with two attached hydrogens (primary N) is 1. The maximum atomic E-state index is 7.55. The lowest BCUT2D eigenvalue weighted by Gasteiger charge is -2.07. The summed E-state index contributed by atoms with van der Waals surface area (Å²) in [5.74, 6) is 1.00. The van der Waals surface area contributed by atoms with Gasteiger partial charge < -0.3 is 5.73 Å². The first-order valence-electron chi connectivity index (χ1n) is 5.09. The molecule has 0 saturated carbocycles. The lowest BCUT2D eigenvalue weighted by atomic mass is 10.1. The SMILES string of the molecule is CCSc1nc2ccccc2cc1C(=N)N. The fourth-order valence-electron chi connectivity index (χ4n) is 1.54. The Hall–Kier alpha value is -1.55. The molecule has 1 heterocycles. The molecule has 3 N–H and O–H groups in total. The Kier molecular flexibility index (Phi) is 3.10. The number of para-hydroxylation sites is 1. The molecule has 0 unspecified atom stereocenters. The van der Waals surface area contributed by atoms with Crippen molar-refractivity contribution < 1.29 is 0 Å². The number of amidine groups is 1. The van der Waals surface area contributed by atoms with Crippen LogP contribution in [0.25, 0.3) is 10.9 Å². The molecular weight excluding hydrogens is 218 g/mol. The van der Waals surface area contributed by atoms with Crippen LogP contribution in [0.2, 0.25) is 0 Å². The molecule has 82 valence electrons. The summed E-state index contributed by atoms with van der Waals surface area (Å²) in [6.07, 6.45) is 0. The smallest absolute Gasteiger partial charge is 0.125 e. The van der Waals surface area contributed by atoms with E-state index in [0.717, 1.165) is 27.2 Å². The van der Waals surface area contributed by atoms with Crippen LogP contribution in [0.5, 0.6) is 0 Å². The molecule has 0 saturated heterocycles. The van der Waals surface area contributed by atoms with Crippen LogP contribution in [0.3, 0.4) is 0 Å². The number of hydrogen-bond donors (Lipinski definition) is 2. The van der Waals surface area contributed by atoms with Gasteiger partial charge in [0.1, 0.15) is 10.9 Å². The molecule has 0 amide bonds. The molecule has 1 aromatic carbocycles. The van der Waals surface area contributed by atoms with Crippen LogP contribution in [-0.2, 0) is 0 Å². The number of rotatable bonds is 3. The van der Waals surface area contributed by atoms with Gasteiger partial charge in [-0.05, 0) is 17.9 Å². The maximum Gasteiger partial charge on any atom is 0.125 e. The highest BCUT2D eigenvalue weighted by Gasteiger charge is 2.08. The van der Waals surface area contributed by atoms with Crippen LogP contribution >= 0.6 is 11.8 Å². The predicted molar refractivity (Wildman–Crippen MR) is 69.2 cm³/mol. The highest BCUT2D eigenvalue weighted by molar-refractivity contribution is 7.99. The Labute approximate surface area is 98.6 Å². The number of nitrogens with one attached hydrogen (secondary N) is 1. The number of hydrogen-bond acceptors (Lipinski definition) is 3. The Bertz CT molecular complexity index is 537. The summed E-state index contributed by atoms with van der Waals surface area (Å²) in [4.78, 5) is 4.53. The summed E-state index contributed by atoms with van der Waals surface area (Å²) in [6.45, 7) is 2.06. The second kappa shape index (κ2) is 4.53. The molecule has 2 aromatic rings. The number of aromatic nitrogens is 1. The molecule has 16 heavy (non-hydrogen) atoms. The molecule has 0 atom stereocenters. The summed E-state index contributed by atoms with van der Waals surface area (Å²) in [7, 11) is 0. The van der Waals surface area contributed by atoms with E-state index in [-0.39, 0.29) is 5.84 Å². The van der Waals surface area contributed by atoms with E-state index < -0.39 is 0 Å². The van der Waals surface area contributed by atoms with Gasteiger partial charge in [-0.25, -0.2) is 4.98 Å². The molecule has 0 aliphatic rings. The first-order valence-corrected chi connectivity index (χ1v) is 6.08. The van der Waals surface area contributed by atoms with Crippen molar-refractivity contribution in [1.82, 2.24) is 4.98 Å². The largest absolute Gasteiger partial charge is 0.384 e. The van der Waals surface area contributed by atoms with Crippen molar-refractivity contribution in [3.05, 3.63) is 35.9 Å².